The molecule has 1 saturated heterocycles. The van der Waals surface area contributed by atoms with E-state index in [4.69, 9.17) is 0 Å². The summed E-state index contributed by atoms with van der Waals surface area (Å²) in [6.45, 7) is 1.69. The van der Waals surface area contributed by atoms with Gasteiger partial charge in [-0.1, -0.05) is 61.4 Å². The van der Waals surface area contributed by atoms with E-state index in [0.717, 1.165) is 25.9 Å². The molecule has 1 aliphatic carbocycles. The van der Waals surface area contributed by atoms with Crippen LogP contribution in [0.25, 0.3) is 0 Å². The van der Waals surface area contributed by atoms with E-state index in [1.807, 2.05) is 30.3 Å². The van der Waals surface area contributed by atoms with Gasteiger partial charge in [-0.05, 0) is 61.4 Å². The smallest absolute Gasteiger partial charge is 0.269 e. The molecular weight excluding hydrogens is 486 g/mol. The lowest BCUT2D eigenvalue weighted by molar-refractivity contribution is -0.384. The second-order valence-corrected chi connectivity index (χ2v) is 11.8. The summed E-state index contributed by atoms with van der Waals surface area (Å²) in [6.07, 6.45) is 6.33. The van der Waals surface area contributed by atoms with Gasteiger partial charge in [-0.3, -0.25) is 19.3 Å². The van der Waals surface area contributed by atoms with Crippen molar-refractivity contribution < 1.29 is 13.3 Å². The highest BCUT2D eigenvalue weighted by Gasteiger charge is 2.38. The van der Waals surface area contributed by atoms with Crippen LogP contribution in [0.4, 0.5) is 11.4 Å². The van der Waals surface area contributed by atoms with E-state index in [1.165, 1.54) is 55.5 Å². The molecule has 3 aromatic carbocycles. The van der Waals surface area contributed by atoms with E-state index in [0.29, 0.717) is 17.6 Å². The number of piperidine rings is 1. The predicted octanol–water partition coefficient (Wildman–Crippen LogP) is 5.98. The Morgan fingerprint density at radius 3 is 2.00 bits per heavy atom. The molecule has 194 valence electrons. The first-order chi connectivity index (χ1) is 17.9. The van der Waals surface area contributed by atoms with E-state index < -0.39 is 14.9 Å². The minimum absolute atomic E-state index is 0.0702. The van der Waals surface area contributed by atoms with Crippen LogP contribution in [0.5, 0.6) is 0 Å². The van der Waals surface area contributed by atoms with Crippen molar-refractivity contribution in [2.75, 3.05) is 17.4 Å². The van der Waals surface area contributed by atoms with Gasteiger partial charge in [0.25, 0.3) is 15.7 Å². The van der Waals surface area contributed by atoms with Gasteiger partial charge in [-0.2, -0.15) is 0 Å². The van der Waals surface area contributed by atoms with Crippen LogP contribution in [0.15, 0.2) is 89.8 Å². The van der Waals surface area contributed by atoms with Gasteiger partial charge in [0, 0.05) is 37.3 Å². The predicted molar refractivity (Wildman–Crippen MR) is 145 cm³/mol. The summed E-state index contributed by atoms with van der Waals surface area (Å²) in [5.74, 6) is 0.514. The van der Waals surface area contributed by atoms with E-state index >= 15 is 0 Å². The summed E-state index contributed by atoms with van der Waals surface area (Å²) in [5.41, 5.74) is 1.90. The molecule has 0 radical (unpaired) electrons. The Morgan fingerprint density at radius 2 is 1.38 bits per heavy atom. The Bertz CT molecular complexity index is 1290. The molecule has 0 spiro atoms. The van der Waals surface area contributed by atoms with Crippen LogP contribution in [0.1, 0.15) is 50.0 Å². The van der Waals surface area contributed by atoms with Crippen molar-refractivity contribution in [3.63, 3.8) is 0 Å². The number of nitro benzene ring substituents is 1. The van der Waals surface area contributed by atoms with E-state index in [2.05, 4.69) is 35.2 Å². The van der Waals surface area contributed by atoms with E-state index in [9.17, 15) is 18.5 Å². The molecule has 37 heavy (non-hydrogen) atoms. The molecule has 8 heteroatoms. The third kappa shape index (κ3) is 5.40. The maximum Gasteiger partial charge on any atom is 0.269 e. The highest BCUT2D eigenvalue weighted by Crippen LogP contribution is 2.38. The fourth-order valence-electron chi connectivity index (χ4n) is 6.06. The summed E-state index contributed by atoms with van der Waals surface area (Å²) in [7, 11) is -3.90. The number of non-ortho nitro benzene ring substituents is 1. The van der Waals surface area contributed by atoms with Gasteiger partial charge < -0.3 is 0 Å². The molecule has 0 aromatic heterocycles. The molecule has 2 atom stereocenters. The second-order valence-electron chi connectivity index (χ2n) is 10.0. The van der Waals surface area contributed by atoms with Crippen molar-refractivity contribution in [3.8, 4) is 0 Å². The topological polar surface area (TPSA) is 83.8 Å². The molecule has 5 rings (SSSR count). The van der Waals surface area contributed by atoms with Crippen molar-refractivity contribution in [3.05, 3.63) is 101 Å². The molecule has 0 bridgehead atoms. The Balaban J connectivity index is 1.38. The summed E-state index contributed by atoms with van der Waals surface area (Å²) in [4.78, 5) is 13.2. The summed E-state index contributed by atoms with van der Waals surface area (Å²) < 4.78 is 29.3. The molecule has 1 heterocycles. The molecule has 2 aliphatic rings. The number of anilines is 1. The monoisotopic (exact) mass is 519 g/mol. The lowest BCUT2D eigenvalue weighted by Crippen LogP contribution is -2.51. The second kappa shape index (κ2) is 11.0. The number of nitro groups is 1. The standard InChI is InChI=1S/C29H33N3O4S/c33-32(34)26-15-17-27(18-16-26)37(35,36)31(24-11-5-2-6-12-24)25-19-21-30(22-20-25)29-14-8-7-13-28(29)23-9-3-1-4-10-23/h1-6,9-12,15-18,25,28-29H,7-8,13-14,19-22H2/t28-,29-/m1/s1. The number of para-hydroxylation sites is 1. The molecule has 2 fully saturated rings. The highest BCUT2D eigenvalue weighted by atomic mass is 32.2. The van der Waals surface area contributed by atoms with Crippen LogP contribution in [0.2, 0.25) is 0 Å². The molecule has 0 unspecified atom stereocenters. The number of benzene rings is 3. The third-order valence-corrected chi connectivity index (χ3v) is 9.77. The average molecular weight is 520 g/mol. The number of hydrogen-bond acceptors (Lipinski definition) is 5. The van der Waals surface area contributed by atoms with E-state index in [-0.39, 0.29) is 16.6 Å². The van der Waals surface area contributed by atoms with Gasteiger partial charge >= 0.3 is 0 Å². The van der Waals surface area contributed by atoms with Crippen molar-refractivity contribution >= 4 is 21.4 Å². The lowest BCUT2D eigenvalue weighted by atomic mass is 9.78. The first-order valence-electron chi connectivity index (χ1n) is 13.1. The summed E-state index contributed by atoms with van der Waals surface area (Å²) in [6, 6.07) is 25.5. The van der Waals surface area contributed by atoms with Gasteiger partial charge in [0.05, 0.1) is 15.5 Å². The zero-order chi connectivity index (χ0) is 25.8. The first kappa shape index (κ1) is 25.4. The molecule has 0 N–H and O–H groups in total. The van der Waals surface area contributed by atoms with Crippen LogP contribution in [0, 0.1) is 10.1 Å². The minimum Gasteiger partial charge on any atom is -0.300 e. The normalized spacial score (nSPS) is 21.4. The molecular formula is C29H33N3O4S. The largest absolute Gasteiger partial charge is 0.300 e. The van der Waals surface area contributed by atoms with E-state index in [1.54, 1.807) is 4.31 Å². The van der Waals surface area contributed by atoms with Crippen LogP contribution >= 0.6 is 0 Å². The average Bonchev–Trinajstić information content (AvgIpc) is 2.94. The zero-order valence-electron chi connectivity index (χ0n) is 20.9. The van der Waals surface area contributed by atoms with Crippen LogP contribution < -0.4 is 4.31 Å². The van der Waals surface area contributed by atoms with Gasteiger partial charge in [0.15, 0.2) is 0 Å². The summed E-state index contributed by atoms with van der Waals surface area (Å²) in [5, 5.41) is 11.1. The Hall–Kier alpha value is -3.23. The van der Waals surface area contributed by atoms with Crippen LogP contribution in [-0.2, 0) is 10.0 Å². The number of rotatable bonds is 7. The van der Waals surface area contributed by atoms with Gasteiger partial charge in [0.1, 0.15) is 0 Å². The van der Waals surface area contributed by atoms with Crippen LogP contribution in [-0.4, -0.2) is 43.4 Å². The minimum atomic E-state index is -3.90. The number of likely N-dealkylation sites (tertiary alicyclic amines) is 1. The molecule has 7 nitrogen and oxygen atoms in total. The fourth-order valence-corrected chi connectivity index (χ4v) is 7.77. The zero-order valence-corrected chi connectivity index (χ0v) is 21.7. The molecule has 1 aliphatic heterocycles. The van der Waals surface area contributed by atoms with Crippen LogP contribution in [0.3, 0.4) is 0 Å². The van der Waals surface area contributed by atoms with Crippen molar-refractivity contribution in [1.29, 1.82) is 0 Å². The third-order valence-electron chi connectivity index (χ3n) is 7.87. The number of nitrogens with zero attached hydrogens (tertiary/aromatic N) is 3. The molecule has 0 amide bonds. The number of hydrogen-bond donors (Lipinski definition) is 0. The SMILES string of the molecule is O=[N+]([O-])c1ccc(S(=O)(=O)N(c2ccccc2)C2CCN([C@@H]3CCCC[C@@H]3c3ccccc3)CC2)cc1. The fraction of sp³-hybridized carbons (Fsp3) is 0.379. The van der Waals surface area contributed by atoms with Gasteiger partial charge in [-0.15, -0.1) is 0 Å². The Kier molecular flexibility index (Phi) is 7.58. The van der Waals surface area contributed by atoms with Gasteiger partial charge in [-0.25, -0.2) is 8.42 Å². The summed E-state index contributed by atoms with van der Waals surface area (Å²) >= 11 is 0. The van der Waals surface area contributed by atoms with Gasteiger partial charge in [0.2, 0.25) is 0 Å². The Labute approximate surface area is 218 Å². The van der Waals surface area contributed by atoms with Crippen molar-refractivity contribution in [1.82, 2.24) is 4.90 Å². The number of sulfonamides is 1. The maximum absolute atomic E-state index is 13.9. The first-order valence-corrected chi connectivity index (χ1v) is 14.5. The molecule has 3 aromatic rings. The lowest BCUT2D eigenvalue weighted by Gasteiger charge is -2.45. The Morgan fingerprint density at radius 1 is 0.784 bits per heavy atom. The molecule has 1 saturated carbocycles. The highest BCUT2D eigenvalue weighted by molar-refractivity contribution is 7.92. The maximum atomic E-state index is 13.9. The van der Waals surface area contributed by atoms with Crippen molar-refractivity contribution in [2.45, 2.75) is 61.4 Å². The quantitative estimate of drug-likeness (QED) is 0.283. The van der Waals surface area contributed by atoms with Crippen molar-refractivity contribution in [2.24, 2.45) is 0 Å².